The van der Waals surface area contributed by atoms with Crippen molar-refractivity contribution in [3.63, 3.8) is 0 Å². The predicted octanol–water partition coefficient (Wildman–Crippen LogP) is 5.60. The number of anilines is 1. The second-order valence-corrected chi connectivity index (χ2v) is 9.01. The molecular weight excluding hydrogens is 490 g/mol. The lowest BCUT2D eigenvalue weighted by Gasteiger charge is -2.26. The fourth-order valence-electron chi connectivity index (χ4n) is 4.30. The van der Waals surface area contributed by atoms with E-state index in [1.165, 1.54) is 6.08 Å². The molecule has 0 atom stereocenters. The summed E-state index contributed by atoms with van der Waals surface area (Å²) in [5.41, 5.74) is 2.99. The van der Waals surface area contributed by atoms with Crippen molar-refractivity contribution >= 4 is 52.1 Å². The van der Waals surface area contributed by atoms with Crippen LogP contribution in [0.4, 0.5) is 10.5 Å². The van der Waals surface area contributed by atoms with E-state index in [0.717, 1.165) is 27.8 Å². The van der Waals surface area contributed by atoms with Crippen LogP contribution in [0.1, 0.15) is 18.1 Å². The summed E-state index contributed by atoms with van der Waals surface area (Å²) in [7, 11) is 0. The van der Waals surface area contributed by atoms with Gasteiger partial charge in [0.25, 0.3) is 11.8 Å². The normalized spacial score (nSPS) is 14.9. The van der Waals surface area contributed by atoms with E-state index < -0.39 is 17.8 Å². The molecule has 186 valence electrons. The predicted molar refractivity (Wildman–Crippen MR) is 144 cm³/mol. The van der Waals surface area contributed by atoms with Crippen LogP contribution in [0.3, 0.4) is 0 Å². The molecule has 1 aliphatic heterocycles. The van der Waals surface area contributed by atoms with Gasteiger partial charge in [-0.2, -0.15) is 0 Å². The maximum absolute atomic E-state index is 13.3. The number of hydrogen-bond acceptors (Lipinski definition) is 4. The maximum atomic E-state index is 13.3. The van der Waals surface area contributed by atoms with E-state index in [9.17, 15) is 14.4 Å². The number of urea groups is 1. The number of halogens is 1. The van der Waals surface area contributed by atoms with E-state index in [1.54, 1.807) is 24.3 Å². The summed E-state index contributed by atoms with van der Waals surface area (Å²) in [4.78, 5) is 39.6. The van der Waals surface area contributed by atoms with Gasteiger partial charge in [0.15, 0.2) is 0 Å². The quantitative estimate of drug-likeness (QED) is 0.257. The van der Waals surface area contributed by atoms with Crippen LogP contribution in [0.25, 0.3) is 17.0 Å². The Bertz CT molecular complexity index is 1520. The second-order valence-electron chi connectivity index (χ2n) is 8.58. The van der Waals surface area contributed by atoms with Gasteiger partial charge >= 0.3 is 6.03 Å². The molecule has 7 nitrogen and oxygen atoms in total. The molecule has 0 spiro atoms. The lowest BCUT2D eigenvalue weighted by molar-refractivity contribution is -0.122. The van der Waals surface area contributed by atoms with Crippen molar-refractivity contribution in [3.05, 3.63) is 101 Å². The minimum atomic E-state index is -0.766. The standard InChI is InChI=1S/C29H24ClN3O4/c1-2-19-7-11-22(12-8-19)33-28(35)25(27(34)31-29(33)36)17-20-18-32(26-6-4-3-5-24(20)26)15-16-37-23-13-9-21(30)10-14-23/h3-14,17-18H,2,15-16H2,1H3,(H,31,34,36). The zero-order valence-electron chi connectivity index (χ0n) is 20.1. The molecule has 1 saturated heterocycles. The first kappa shape index (κ1) is 24.3. The highest BCUT2D eigenvalue weighted by molar-refractivity contribution is 6.39. The number of aromatic nitrogens is 1. The minimum absolute atomic E-state index is 0.112. The zero-order chi connectivity index (χ0) is 25.9. The van der Waals surface area contributed by atoms with E-state index in [1.807, 2.05) is 66.2 Å². The highest BCUT2D eigenvalue weighted by Gasteiger charge is 2.37. The van der Waals surface area contributed by atoms with Crippen LogP contribution in [0.15, 0.2) is 84.6 Å². The van der Waals surface area contributed by atoms with Crippen molar-refractivity contribution in [3.8, 4) is 5.75 Å². The van der Waals surface area contributed by atoms with Crippen LogP contribution >= 0.6 is 11.6 Å². The minimum Gasteiger partial charge on any atom is -0.492 e. The Hall–Kier alpha value is -4.36. The number of hydrogen-bond donors (Lipinski definition) is 1. The molecule has 5 rings (SSSR count). The Kier molecular flexibility index (Phi) is 6.79. The summed E-state index contributed by atoms with van der Waals surface area (Å²) in [6.07, 6.45) is 4.25. The van der Waals surface area contributed by atoms with E-state index in [4.69, 9.17) is 16.3 Å². The van der Waals surface area contributed by atoms with Gasteiger partial charge in [0.05, 0.1) is 12.2 Å². The van der Waals surface area contributed by atoms with Crippen molar-refractivity contribution in [2.24, 2.45) is 0 Å². The van der Waals surface area contributed by atoms with Crippen LogP contribution < -0.4 is 15.0 Å². The summed E-state index contributed by atoms with van der Waals surface area (Å²) in [5, 5.41) is 3.80. The first-order valence-corrected chi connectivity index (χ1v) is 12.3. The number of para-hydroxylation sites is 1. The lowest BCUT2D eigenvalue weighted by Crippen LogP contribution is -2.54. The second kappa shape index (κ2) is 10.3. The van der Waals surface area contributed by atoms with Gasteiger partial charge in [-0.25, -0.2) is 9.69 Å². The molecule has 1 aliphatic rings. The number of nitrogens with one attached hydrogen (secondary N) is 1. The maximum Gasteiger partial charge on any atom is 0.335 e. The molecule has 1 aromatic heterocycles. The smallest absolute Gasteiger partial charge is 0.335 e. The van der Waals surface area contributed by atoms with Crippen LogP contribution in [-0.4, -0.2) is 29.0 Å². The fourth-order valence-corrected chi connectivity index (χ4v) is 4.42. The number of rotatable bonds is 7. The third-order valence-corrected chi connectivity index (χ3v) is 6.49. The Morgan fingerprint density at radius 2 is 1.68 bits per heavy atom. The van der Waals surface area contributed by atoms with E-state index in [0.29, 0.717) is 35.2 Å². The molecule has 4 amide bonds. The number of imide groups is 2. The van der Waals surface area contributed by atoms with Crippen LogP contribution in [-0.2, 0) is 22.6 Å². The van der Waals surface area contributed by atoms with Gasteiger partial charge in [0.1, 0.15) is 17.9 Å². The molecule has 1 N–H and O–H groups in total. The van der Waals surface area contributed by atoms with Gasteiger partial charge in [0.2, 0.25) is 0 Å². The van der Waals surface area contributed by atoms with E-state index >= 15 is 0 Å². The summed E-state index contributed by atoms with van der Waals surface area (Å²) in [6.45, 7) is 2.97. The number of aryl methyl sites for hydroxylation is 1. The van der Waals surface area contributed by atoms with Gasteiger partial charge in [-0.3, -0.25) is 14.9 Å². The van der Waals surface area contributed by atoms with Crippen molar-refractivity contribution in [1.29, 1.82) is 0 Å². The van der Waals surface area contributed by atoms with Crippen LogP contribution in [0, 0.1) is 0 Å². The van der Waals surface area contributed by atoms with Crippen LogP contribution in [0.5, 0.6) is 5.75 Å². The molecule has 2 heterocycles. The molecule has 3 aromatic carbocycles. The number of carbonyl (C=O) groups is 3. The van der Waals surface area contributed by atoms with E-state index in [2.05, 4.69) is 5.32 Å². The Labute approximate surface area is 218 Å². The van der Waals surface area contributed by atoms with Gasteiger partial charge < -0.3 is 9.30 Å². The van der Waals surface area contributed by atoms with Gasteiger partial charge in [-0.15, -0.1) is 0 Å². The Morgan fingerprint density at radius 3 is 2.41 bits per heavy atom. The third-order valence-electron chi connectivity index (χ3n) is 6.24. The number of fused-ring (bicyclic) bond motifs is 1. The first-order chi connectivity index (χ1) is 17.9. The number of amides is 4. The number of nitrogens with zero attached hydrogens (tertiary/aromatic N) is 2. The average molecular weight is 514 g/mol. The molecule has 1 fully saturated rings. The third kappa shape index (κ3) is 4.99. The number of barbiturate groups is 1. The number of carbonyl (C=O) groups excluding carboxylic acids is 3. The molecular formula is C29H24ClN3O4. The fraction of sp³-hybridized carbons (Fsp3) is 0.138. The van der Waals surface area contributed by atoms with Gasteiger partial charge in [0, 0.05) is 27.7 Å². The monoisotopic (exact) mass is 513 g/mol. The lowest BCUT2D eigenvalue weighted by atomic mass is 10.1. The highest BCUT2D eigenvalue weighted by atomic mass is 35.5. The molecule has 4 aromatic rings. The summed E-state index contributed by atoms with van der Waals surface area (Å²) in [5.74, 6) is -0.676. The zero-order valence-corrected chi connectivity index (χ0v) is 20.9. The summed E-state index contributed by atoms with van der Waals surface area (Å²) in [6, 6.07) is 21.2. The summed E-state index contributed by atoms with van der Waals surface area (Å²) >= 11 is 5.94. The van der Waals surface area contributed by atoms with Crippen molar-refractivity contribution in [1.82, 2.24) is 9.88 Å². The number of ether oxygens (including phenoxy) is 1. The van der Waals surface area contributed by atoms with Crippen molar-refractivity contribution in [2.75, 3.05) is 11.5 Å². The van der Waals surface area contributed by atoms with E-state index in [-0.39, 0.29) is 5.57 Å². The molecule has 0 aliphatic carbocycles. The molecule has 0 unspecified atom stereocenters. The number of benzene rings is 3. The topological polar surface area (TPSA) is 80.6 Å². The Balaban J connectivity index is 1.43. The largest absolute Gasteiger partial charge is 0.492 e. The van der Waals surface area contributed by atoms with Crippen molar-refractivity contribution < 1.29 is 19.1 Å². The van der Waals surface area contributed by atoms with Gasteiger partial charge in [-0.05, 0) is 60.5 Å². The van der Waals surface area contributed by atoms with Crippen molar-refractivity contribution in [2.45, 2.75) is 19.9 Å². The average Bonchev–Trinajstić information content (AvgIpc) is 3.25. The molecule has 0 saturated carbocycles. The molecule has 0 bridgehead atoms. The molecule has 8 heteroatoms. The first-order valence-electron chi connectivity index (χ1n) is 11.9. The molecule has 37 heavy (non-hydrogen) atoms. The highest BCUT2D eigenvalue weighted by Crippen LogP contribution is 2.27. The Morgan fingerprint density at radius 1 is 0.946 bits per heavy atom. The van der Waals surface area contributed by atoms with Crippen LogP contribution in [0.2, 0.25) is 5.02 Å². The SMILES string of the molecule is CCc1ccc(N2C(=O)NC(=O)C(=Cc3cn(CCOc4ccc(Cl)cc4)c4ccccc34)C2=O)cc1. The van der Waals surface area contributed by atoms with Gasteiger partial charge in [-0.1, -0.05) is 48.9 Å². The summed E-state index contributed by atoms with van der Waals surface area (Å²) < 4.78 is 7.85. The molecule has 0 radical (unpaired) electrons.